The van der Waals surface area contributed by atoms with E-state index in [1.54, 1.807) is 6.07 Å². The van der Waals surface area contributed by atoms with E-state index < -0.39 is 6.10 Å². The van der Waals surface area contributed by atoms with Crippen LogP contribution in [0.1, 0.15) is 18.0 Å². The second-order valence-electron chi connectivity index (χ2n) is 7.34. The second kappa shape index (κ2) is 7.55. The average Bonchev–Trinajstić information content (AvgIpc) is 2.62. The maximum atomic E-state index is 12.1. The first-order valence-corrected chi connectivity index (χ1v) is 9.86. The Kier molecular flexibility index (Phi) is 5.16. The first-order chi connectivity index (χ1) is 12.6. The fourth-order valence-electron chi connectivity index (χ4n) is 4.22. The van der Waals surface area contributed by atoms with E-state index >= 15 is 0 Å². The summed E-state index contributed by atoms with van der Waals surface area (Å²) in [6.45, 7) is 3.47. The molecule has 1 fully saturated rings. The molecule has 6 heteroatoms. The van der Waals surface area contributed by atoms with Crippen molar-refractivity contribution >= 4 is 15.9 Å². The summed E-state index contributed by atoms with van der Waals surface area (Å²) in [5.41, 5.74) is 1.24. The van der Waals surface area contributed by atoms with Crippen LogP contribution in [0.2, 0.25) is 0 Å². The number of β-amino-alcohol motifs (C(OH)–C–C–N with tert-alkyl or cyclic N) is 1. The summed E-state index contributed by atoms with van der Waals surface area (Å²) in [6.07, 6.45) is 0.598. The Bertz CT molecular complexity index is 821. The normalized spacial score (nSPS) is 23.3. The van der Waals surface area contributed by atoms with Crippen LogP contribution >= 0.6 is 15.9 Å². The Balaban J connectivity index is 1.35. The molecule has 138 valence electrons. The Hall–Kier alpha value is -1.63. The highest BCUT2D eigenvalue weighted by Gasteiger charge is 2.34. The zero-order valence-corrected chi connectivity index (χ0v) is 16.1. The molecule has 1 aromatic carbocycles. The number of likely N-dealkylation sites (tertiary alicyclic amines) is 1. The van der Waals surface area contributed by atoms with Gasteiger partial charge in [0.2, 0.25) is 0 Å². The summed E-state index contributed by atoms with van der Waals surface area (Å²) >= 11 is 3.40. The van der Waals surface area contributed by atoms with Gasteiger partial charge < -0.3 is 14.4 Å². The molecule has 0 amide bonds. The summed E-state index contributed by atoms with van der Waals surface area (Å²) in [5.74, 6) is 1.60. The first kappa shape index (κ1) is 17.8. The molecule has 0 unspecified atom stereocenters. The van der Waals surface area contributed by atoms with Gasteiger partial charge in [-0.25, -0.2) is 0 Å². The zero-order chi connectivity index (χ0) is 18.1. The van der Waals surface area contributed by atoms with Crippen LogP contribution in [0.5, 0.6) is 5.75 Å². The van der Waals surface area contributed by atoms with E-state index in [0.717, 1.165) is 42.0 Å². The summed E-state index contributed by atoms with van der Waals surface area (Å²) in [4.78, 5) is 14.4. The van der Waals surface area contributed by atoms with E-state index in [-0.39, 0.29) is 12.2 Å². The van der Waals surface area contributed by atoms with E-state index in [0.29, 0.717) is 18.4 Å². The summed E-state index contributed by atoms with van der Waals surface area (Å²) in [6, 6.07) is 13.2. The lowest BCUT2D eigenvalue weighted by atomic mass is 9.83. The van der Waals surface area contributed by atoms with E-state index in [9.17, 15) is 9.90 Å². The molecule has 1 saturated heterocycles. The van der Waals surface area contributed by atoms with Crippen LogP contribution in [0, 0.1) is 5.92 Å². The first-order valence-electron chi connectivity index (χ1n) is 9.07. The van der Waals surface area contributed by atoms with Gasteiger partial charge in [-0.05, 0) is 42.7 Å². The Morgan fingerprint density at radius 1 is 1.15 bits per heavy atom. The minimum atomic E-state index is -0.532. The third-order valence-electron chi connectivity index (χ3n) is 5.28. The number of nitrogens with zero attached hydrogens (tertiary/aromatic N) is 2. The largest absolute Gasteiger partial charge is 0.491 e. The minimum Gasteiger partial charge on any atom is -0.491 e. The highest BCUT2D eigenvalue weighted by Crippen LogP contribution is 2.34. The van der Waals surface area contributed by atoms with Gasteiger partial charge >= 0.3 is 0 Å². The van der Waals surface area contributed by atoms with Crippen molar-refractivity contribution in [2.45, 2.75) is 25.0 Å². The van der Waals surface area contributed by atoms with Crippen LogP contribution < -0.4 is 10.3 Å². The van der Waals surface area contributed by atoms with E-state index in [1.165, 1.54) is 0 Å². The number of hydrogen-bond acceptors (Lipinski definition) is 4. The molecule has 0 saturated carbocycles. The van der Waals surface area contributed by atoms with Gasteiger partial charge in [-0.3, -0.25) is 9.69 Å². The van der Waals surface area contributed by atoms with E-state index in [1.807, 2.05) is 34.9 Å². The molecule has 2 bridgehead atoms. The molecule has 0 aliphatic carbocycles. The molecular formula is C20H23BrN2O3. The van der Waals surface area contributed by atoms with E-state index in [2.05, 4.69) is 26.9 Å². The van der Waals surface area contributed by atoms with Crippen molar-refractivity contribution in [1.29, 1.82) is 0 Å². The molecule has 1 N–H and O–H groups in total. The van der Waals surface area contributed by atoms with Gasteiger partial charge in [-0.2, -0.15) is 0 Å². The van der Waals surface area contributed by atoms with Crippen LogP contribution in [0.25, 0.3) is 0 Å². The number of rotatable bonds is 5. The van der Waals surface area contributed by atoms with Gasteiger partial charge in [0.05, 0.1) is 0 Å². The number of aliphatic hydroxyl groups is 1. The van der Waals surface area contributed by atoms with Gasteiger partial charge in [0, 0.05) is 48.3 Å². The highest BCUT2D eigenvalue weighted by molar-refractivity contribution is 9.10. The molecular weight excluding hydrogens is 396 g/mol. The maximum absolute atomic E-state index is 12.1. The summed E-state index contributed by atoms with van der Waals surface area (Å²) < 4.78 is 8.63. The number of pyridine rings is 1. The van der Waals surface area contributed by atoms with Crippen LogP contribution in [-0.4, -0.2) is 46.9 Å². The highest BCUT2D eigenvalue weighted by atomic mass is 79.9. The fourth-order valence-corrected chi connectivity index (χ4v) is 4.48. The molecule has 2 aromatic rings. The van der Waals surface area contributed by atoms with Crippen molar-refractivity contribution in [2.75, 3.05) is 26.2 Å². The van der Waals surface area contributed by atoms with Gasteiger partial charge in [-0.15, -0.1) is 0 Å². The SMILES string of the molecule is O=c1cccc2n1C[C@@H]1C[C@@H]2CN(C[C@@H](O)COc2ccc(Br)cc2)C1. The van der Waals surface area contributed by atoms with Crippen molar-refractivity contribution < 1.29 is 9.84 Å². The van der Waals surface area contributed by atoms with Crippen molar-refractivity contribution in [2.24, 2.45) is 5.92 Å². The third kappa shape index (κ3) is 3.87. The quantitative estimate of drug-likeness (QED) is 0.809. The lowest BCUT2D eigenvalue weighted by Crippen LogP contribution is -2.49. The summed E-state index contributed by atoms with van der Waals surface area (Å²) in [5, 5.41) is 10.4. The fraction of sp³-hybridized carbons (Fsp3) is 0.450. The molecule has 26 heavy (non-hydrogen) atoms. The van der Waals surface area contributed by atoms with Crippen molar-refractivity contribution in [3.63, 3.8) is 0 Å². The third-order valence-corrected chi connectivity index (χ3v) is 5.81. The Morgan fingerprint density at radius 3 is 2.77 bits per heavy atom. The van der Waals surface area contributed by atoms with Crippen molar-refractivity contribution in [3.05, 3.63) is 63.0 Å². The summed E-state index contributed by atoms with van der Waals surface area (Å²) in [7, 11) is 0. The van der Waals surface area contributed by atoms with Crippen molar-refractivity contribution in [1.82, 2.24) is 9.47 Å². The lowest BCUT2D eigenvalue weighted by Gasteiger charge is -2.43. The molecule has 3 heterocycles. The molecule has 1 aromatic heterocycles. The van der Waals surface area contributed by atoms with E-state index in [4.69, 9.17) is 4.74 Å². The molecule has 2 aliphatic heterocycles. The van der Waals surface area contributed by atoms with Crippen LogP contribution in [0.3, 0.4) is 0 Å². The minimum absolute atomic E-state index is 0.105. The smallest absolute Gasteiger partial charge is 0.250 e. The number of benzene rings is 1. The number of aliphatic hydroxyl groups excluding tert-OH is 1. The molecule has 3 atom stereocenters. The number of halogens is 1. The molecule has 5 nitrogen and oxygen atoms in total. The van der Waals surface area contributed by atoms with Gasteiger partial charge in [0.15, 0.2) is 0 Å². The number of aromatic nitrogens is 1. The molecule has 4 rings (SSSR count). The Labute approximate surface area is 161 Å². The van der Waals surface area contributed by atoms with Gasteiger partial charge in [0.1, 0.15) is 18.5 Å². The average molecular weight is 419 g/mol. The number of fused-ring (bicyclic) bond motifs is 4. The monoisotopic (exact) mass is 418 g/mol. The van der Waals surface area contributed by atoms with Crippen LogP contribution in [-0.2, 0) is 6.54 Å². The van der Waals surface area contributed by atoms with Crippen LogP contribution in [0.15, 0.2) is 51.7 Å². The van der Waals surface area contributed by atoms with Gasteiger partial charge in [-0.1, -0.05) is 22.0 Å². The predicted octanol–water partition coefficient (Wildman–Crippen LogP) is 2.47. The molecule has 0 spiro atoms. The number of ether oxygens (including phenoxy) is 1. The topological polar surface area (TPSA) is 54.7 Å². The van der Waals surface area contributed by atoms with Gasteiger partial charge in [0.25, 0.3) is 5.56 Å². The van der Waals surface area contributed by atoms with Crippen LogP contribution in [0.4, 0.5) is 0 Å². The maximum Gasteiger partial charge on any atom is 0.250 e. The second-order valence-corrected chi connectivity index (χ2v) is 8.25. The molecule has 0 radical (unpaired) electrons. The van der Waals surface area contributed by atoms with Crippen molar-refractivity contribution in [3.8, 4) is 5.75 Å². The zero-order valence-electron chi connectivity index (χ0n) is 14.6. The lowest BCUT2D eigenvalue weighted by molar-refractivity contribution is 0.0384. The molecule has 2 aliphatic rings. The number of piperidine rings is 1. The Morgan fingerprint density at radius 2 is 1.96 bits per heavy atom. The standard InChI is InChI=1S/C20H23BrN2O3/c21-16-4-6-18(7-5-16)26-13-17(24)12-22-9-14-8-15(11-22)19-2-1-3-20(25)23(19)10-14/h1-7,14-15,17,24H,8-13H2/t14-,15-,17-/m1/s1. The predicted molar refractivity (Wildman–Crippen MR) is 104 cm³/mol. The number of hydrogen-bond donors (Lipinski definition) is 1.